The van der Waals surface area contributed by atoms with Crippen LogP contribution >= 0.6 is 0 Å². The second kappa shape index (κ2) is 13.5. The monoisotopic (exact) mass is 519 g/mol. The molecule has 0 unspecified atom stereocenters. The molecule has 0 radical (unpaired) electrons. The lowest BCUT2D eigenvalue weighted by atomic mass is 9.95. The maximum atomic E-state index is 13.3. The molecule has 3 aromatic rings. The zero-order valence-corrected chi connectivity index (χ0v) is 23.0. The van der Waals surface area contributed by atoms with Crippen molar-refractivity contribution < 1.29 is 14.3 Å². The minimum Gasteiger partial charge on any atom is -0.480 e. The molecule has 0 aliphatic carbocycles. The number of rotatable bonds is 13. The first-order valence-electron chi connectivity index (χ1n) is 14.1. The normalized spacial score (nSPS) is 15.4. The molecule has 1 aromatic carbocycles. The molecule has 3 heterocycles. The number of carbonyl (C=O) groups is 2. The highest BCUT2D eigenvalue weighted by molar-refractivity contribution is 5.85. The summed E-state index contributed by atoms with van der Waals surface area (Å²) < 4.78 is 5.60. The lowest BCUT2D eigenvalue weighted by molar-refractivity contribution is -0.127. The molecule has 38 heavy (non-hydrogen) atoms. The van der Waals surface area contributed by atoms with Crippen LogP contribution in [0.25, 0.3) is 22.2 Å². The van der Waals surface area contributed by atoms with Gasteiger partial charge >= 0.3 is 0 Å². The number of imidazole rings is 1. The van der Waals surface area contributed by atoms with E-state index in [-0.39, 0.29) is 17.9 Å². The van der Waals surface area contributed by atoms with Gasteiger partial charge in [-0.05, 0) is 57.5 Å². The van der Waals surface area contributed by atoms with Gasteiger partial charge in [-0.2, -0.15) is 0 Å². The maximum absolute atomic E-state index is 13.3. The van der Waals surface area contributed by atoms with Gasteiger partial charge in [0.15, 0.2) is 0 Å². The minimum absolute atomic E-state index is 0.0293. The number of H-pyrrole nitrogens is 1. The number of aromatic nitrogens is 3. The molecule has 1 aliphatic heterocycles. The van der Waals surface area contributed by atoms with Crippen molar-refractivity contribution in [1.29, 1.82) is 0 Å². The van der Waals surface area contributed by atoms with Gasteiger partial charge in [-0.15, -0.1) is 0 Å². The predicted octanol–water partition coefficient (Wildman–Crippen LogP) is 5.45. The van der Waals surface area contributed by atoms with Gasteiger partial charge in [0.25, 0.3) is 0 Å². The summed E-state index contributed by atoms with van der Waals surface area (Å²) in [6.45, 7) is 7.03. The average Bonchev–Trinajstić information content (AvgIpc) is 3.45. The van der Waals surface area contributed by atoms with E-state index < -0.39 is 0 Å². The van der Waals surface area contributed by atoms with Gasteiger partial charge < -0.3 is 19.9 Å². The number of likely N-dealkylation sites (tertiary alicyclic amines) is 1. The fraction of sp³-hybridized carbons (Fsp3) is 0.533. The number of piperidine rings is 1. The van der Waals surface area contributed by atoms with Crippen molar-refractivity contribution in [2.45, 2.75) is 71.3 Å². The van der Waals surface area contributed by atoms with Gasteiger partial charge in [-0.3, -0.25) is 9.59 Å². The van der Waals surface area contributed by atoms with Crippen LogP contribution in [0.5, 0.6) is 5.88 Å². The van der Waals surface area contributed by atoms with Crippen molar-refractivity contribution in [3.8, 4) is 17.1 Å². The Kier molecular flexibility index (Phi) is 9.87. The molecule has 0 bridgehead atoms. The SMILES string of the molecule is CCC(=O)CCCCC[C@H](NC(=O)C1CCN(CC)CC1)c1ncc(-c2cc3ccccc3nc2OC)[nH]1. The summed E-state index contributed by atoms with van der Waals surface area (Å²) in [5.74, 6) is 1.71. The van der Waals surface area contributed by atoms with E-state index in [0.29, 0.717) is 24.5 Å². The molecule has 1 fully saturated rings. The Morgan fingerprint density at radius 2 is 1.95 bits per heavy atom. The summed E-state index contributed by atoms with van der Waals surface area (Å²) >= 11 is 0. The van der Waals surface area contributed by atoms with E-state index in [1.54, 1.807) is 13.3 Å². The van der Waals surface area contributed by atoms with Gasteiger partial charge in [0.2, 0.25) is 11.8 Å². The average molecular weight is 520 g/mol. The number of methoxy groups -OCH3 is 1. The molecule has 2 aromatic heterocycles. The molecule has 1 saturated heterocycles. The van der Waals surface area contributed by atoms with Crippen LogP contribution in [-0.4, -0.2) is 58.3 Å². The Morgan fingerprint density at radius 1 is 1.16 bits per heavy atom. The molecule has 0 spiro atoms. The Hall–Kier alpha value is -3.26. The molecule has 1 amide bonds. The zero-order valence-electron chi connectivity index (χ0n) is 23.0. The van der Waals surface area contributed by atoms with E-state index >= 15 is 0 Å². The molecule has 4 rings (SSSR count). The highest BCUT2D eigenvalue weighted by Gasteiger charge is 2.27. The van der Waals surface area contributed by atoms with E-state index in [1.807, 2.05) is 31.2 Å². The molecule has 0 saturated carbocycles. The highest BCUT2D eigenvalue weighted by Crippen LogP contribution is 2.32. The molecular weight excluding hydrogens is 478 g/mol. The van der Waals surface area contributed by atoms with E-state index in [0.717, 1.165) is 86.1 Å². The van der Waals surface area contributed by atoms with Crippen LogP contribution in [0, 0.1) is 5.92 Å². The second-order valence-electron chi connectivity index (χ2n) is 10.2. The number of ketones is 1. The number of pyridine rings is 1. The second-order valence-corrected chi connectivity index (χ2v) is 10.2. The number of nitrogens with one attached hydrogen (secondary N) is 2. The number of unbranched alkanes of at least 4 members (excludes halogenated alkanes) is 2. The van der Waals surface area contributed by atoms with Crippen LogP contribution in [0.2, 0.25) is 0 Å². The zero-order chi connectivity index (χ0) is 26.9. The number of aromatic amines is 1. The maximum Gasteiger partial charge on any atom is 0.223 e. The van der Waals surface area contributed by atoms with Crippen LogP contribution in [0.1, 0.15) is 77.1 Å². The Bertz CT molecular complexity index is 1220. The van der Waals surface area contributed by atoms with E-state index in [4.69, 9.17) is 9.72 Å². The van der Waals surface area contributed by atoms with Crippen LogP contribution in [0.3, 0.4) is 0 Å². The fourth-order valence-corrected chi connectivity index (χ4v) is 5.20. The smallest absolute Gasteiger partial charge is 0.223 e. The first-order chi connectivity index (χ1) is 18.5. The number of hydrogen-bond acceptors (Lipinski definition) is 6. The number of carbonyl (C=O) groups excluding carboxylic acids is 2. The number of fused-ring (bicyclic) bond motifs is 1. The van der Waals surface area contributed by atoms with Crippen molar-refractivity contribution in [3.63, 3.8) is 0 Å². The number of ether oxygens (including phenoxy) is 1. The fourth-order valence-electron chi connectivity index (χ4n) is 5.20. The molecule has 204 valence electrons. The third-order valence-electron chi connectivity index (χ3n) is 7.66. The van der Waals surface area contributed by atoms with Crippen LogP contribution in [-0.2, 0) is 9.59 Å². The molecule has 8 nitrogen and oxygen atoms in total. The van der Waals surface area contributed by atoms with Gasteiger partial charge in [0.1, 0.15) is 11.6 Å². The standard InChI is InChI=1S/C30H41N5O3/c1-4-23(36)12-7-6-8-14-26(33-29(37)21-15-17-35(5-2)18-16-21)28-31-20-27(32-28)24-19-22-11-9-10-13-25(22)34-30(24)38-3/h9-11,13,19-21,26H,4-8,12,14-18H2,1-3H3,(H,31,32)(H,33,37)/t26-/m0/s1. The molecule has 2 N–H and O–H groups in total. The molecular formula is C30H41N5O3. The van der Waals surface area contributed by atoms with Gasteiger partial charge in [-0.25, -0.2) is 9.97 Å². The number of benzene rings is 1. The first-order valence-corrected chi connectivity index (χ1v) is 14.1. The summed E-state index contributed by atoms with van der Waals surface area (Å²) in [5.41, 5.74) is 2.51. The van der Waals surface area contributed by atoms with Crippen molar-refractivity contribution in [2.75, 3.05) is 26.7 Å². The predicted molar refractivity (Wildman–Crippen MR) is 150 cm³/mol. The number of nitrogens with zero attached hydrogens (tertiary/aromatic N) is 3. The van der Waals surface area contributed by atoms with Crippen LogP contribution in [0.15, 0.2) is 36.5 Å². The summed E-state index contributed by atoms with van der Waals surface area (Å²) in [7, 11) is 1.62. The van der Waals surface area contributed by atoms with E-state index in [2.05, 4.69) is 33.2 Å². The van der Waals surface area contributed by atoms with E-state index in [1.165, 1.54) is 0 Å². The lowest BCUT2D eigenvalue weighted by Crippen LogP contribution is -2.41. The molecule has 1 atom stereocenters. The molecule has 8 heteroatoms. The van der Waals surface area contributed by atoms with Crippen molar-refractivity contribution in [1.82, 2.24) is 25.2 Å². The number of Topliss-reactive ketones (excluding diaryl/α,β-unsaturated/α-hetero) is 1. The van der Waals surface area contributed by atoms with Gasteiger partial charge in [0, 0.05) is 24.1 Å². The van der Waals surface area contributed by atoms with Crippen LogP contribution in [0.4, 0.5) is 0 Å². The van der Waals surface area contributed by atoms with Crippen LogP contribution < -0.4 is 10.1 Å². The third-order valence-corrected chi connectivity index (χ3v) is 7.66. The summed E-state index contributed by atoms with van der Waals surface area (Å²) in [4.78, 5) is 40.2. The largest absolute Gasteiger partial charge is 0.480 e. The number of amides is 1. The summed E-state index contributed by atoms with van der Waals surface area (Å²) in [5, 5.41) is 4.32. The summed E-state index contributed by atoms with van der Waals surface area (Å²) in [6.07, 6.45) is 8.29. The van der Waals surface area contributed by atoms with Gasteiger partial charge in [-0.1, -0.05) is 44.9 Å². The lowest BCUT2D eigenvalue weighted by Gasteiger charge is -2.31. The van der Waals surface area contributed by atoms with E-state index in [9.17, 15) is 9.59 Å². The van der Waals surface area contributed by atoms with Crippen molar-refractivity contribution >= 4 is 22.6 Å². The number of para-hydroxylation sites is 1. The minimum atomic E-state index is -0.221. The topological polar surface area (TPSA) is 100 Å². The summed E-state index contributed by atoms with van der Waals surface area (Å²) in [6, 6.07) is 9.77. The Balaban J connectivity index is 1.50. The van der Waals surface area contributed by atoms with Crippen molar-refractivity contribution in [2.24, 2.45) is 5.92 Å². The number of hydrogen-bond donors (Lipinski definition) is 2. The van der Waals surface area contributed by atoms with Gasteiger partial charge in [0.05, 0.1) is 36.1 Å². The Labute approximate surface area is 225 Å². The first kappa shape index (κ1) is 27.8. The Morgan fingerprint density at radius 3 is 2.68 bits per heavy atom. The quantitative estimate of drug-likeness (QED) is 0.291. The van der Waals surface area contributed by atoms with Crippen molar-refractivity contribution in [3.05, 3.63) is 42.4 Å². The molecule has 1 aliphatic rings. The highest BCUT2D eigenvalue weighted by atomic mass is 16.5. The third kappa shape index (κ3) is 6.98.